The molecule has 0 fully saturated rings. The fourth-order valence-electron chi connectivity index (χ4n) is 3.03. The molecule has 0 bridgehead atoms. The molecule has 152 valence electrons. The molecular weight excluding hydrogens is 410 g/mol. The van der Waals surface area contributed by atoms with E-state index in [1.54, 1.807) is 20.4 Å². The molecule has 0 unspecified atom stereocenters. The summed E-state index contributed by atoms with van der Waals surface area (Å²) in [5, 5.41) is 9.17. The number of anilines is 1. The number of hydrogen-bond acceptors (Lipinski definition) is 5. The number of thiazole rings is 1. The highest BCUT2D eigenvalue weighted by Gasteiger charge is 2.20. The summed E-state index contributed by atoms with van der Waals surface area (Å²) >= 11 is 1.50. The van der Waals surface area contributed by atoms with Gasteiger partial charge in [-0.1, -0.05) is 6.07 Å². The topological polar surface area (TPSA) is 69.0 Å². The number of para-hydroxylation sites is 1. The molecule has 4 rings (SSSR count). The number of benzene rings is 2. The number of amides is 1. The lowest BCUT2D eigenvalue weighted by Gasteiger charge is -2.10. The summed E-state index contributed by atoms with van der Waals surface area (Å²) in [7, 11) is 3.22. The van der Waals surface area contributed by atoms with Crippen LogP contribution in [0.5, 0.6) is 5.75 Å². The number of aromatic nitrogens is 3. The summed E-state index contributed by atoms with van der Waals surface area (Å²) in [6.45, 7) is 0. The van der Waals surface area contributed by atoms with Gasteiger partial charge in [0.25, 0.3) is 5.91 Å². The van der Waals surface area contributed by atoms with Crippen molar-refractivity contribution in [1.82, 2.24) is 14.8 Å². The zero-order chi connectivity index (χ0) is 21.3. The molecule has 4 aromatic rings. The van der Waals surface area contributed by atoms with Crippen LogP contribution in [-0.2, 0) is 7.05 Å². The summed E-state index contributed by atoms with van der Waals surface area (Å²) < 4.78 is 34.7. The number of hydrogen-bond donors (Lipinski definition) is 1. The SMILES string of the molecule is COc1ccc(-c2nccs2)cc1-c1cc(C(=O)Nc2c(F)cccc2F)nn1C. The average molecular weight is 426 g/mol. The Morgan fingerprint density at radius 1 is 1.17 bits per heavy atom. The zero-order valence-electron chi connectivity index (χ0n) is 16.0. The Hall–Kier alpha value is -3.59. The molecule has 0 radical (unpaired) electrons. The van der Waals surface area contributed by atoms with Crippen molar-refractivity contribution in [2.75, 3.05) is 12.4 Å². The Balaban J connectivity index is 1.71. The van der Waals surface area contributed by atoms with E-state index < -0.39 is 23.2 Å². The molecule has 0 aliphatic heterocycles. The highest BCUT2D eigenvalue weighted by Crippen LogP contribution is 2.35. The van der Waals surface area contributed by atoms with Gasteiger partial charge in [-0.2, -0.15) is 5.10 Å². The number of nitrogens with zero attached hydrogens (tertiary/aromatic N) is 3. The van der Waals surface area contributed by atoms with E-state index in [9.17, 15) is 13.6 Å². The average Bonchev–Trinajstić information content (AvgIpc) is 3.40. The summed E-state index contributed by atoms with van der Waals surface area (Å²) in [6.07, 6.45) is 1.72. The van der Waals surface area contributed by atoms with Gasteiger partial charge < -0.3 is 10.1 Å². The minimum atomic E-state index is -0.864. The second kappa shape index (κ2) is 8.03. The van der Waals surface area contributed by atoms with Crippen LogP contribution in [-0.4, -0.2) is 27.8 Å². The third-order valence-corrected chi connectivity index (χ3v) is 5.29. The zero-order valence-corrected chi connectivity index (χ0v) is 16.8. The molecule has 0 atom stereocenters. The lowest BCUT2D eigenvalue weighted by molar-refractivity contribution is 0.102. The Bertz CT molecular complexity index is 1200. The van der Waals surface area contributed by atoms with Crippen molar-refractivity contribution in [3.8, 4) is 27.6 Å². The first-order valence-corrected chi connectivity index (χ1v) is 9.73. The number of carbonyl (C=O) groups is 1. The first kappa shape index (κ1) is 19.7. The standard InChI is InChI=1S/C21H16F2N4O2S/c1-27-17(13-10-12(6-7-18(13)29-2)21-24-8-9-30-21)11-16(26-27)20(28)25-19-14(22)4-3-5-15(19)23/h3-11H,1-2H3,(H,25,28). The number of rotatable bonds is 5. The second-order valence-electron chi connectivity index (χ2n) is 6.34. The summed E-state index contributed by atoms with van der Waals surface area (Å²) in [5.41, 5.74) is 1.69. The molecule has 0 aliphatic rings. The molecule has 9 heteroatoms. The van der Waals surface area contributed by atoms with E-state index >= 15 is 0 Å². The summed E-state index contributed by atoms with van der Waals surface area (Å²) in [5.74, 6) is -1.86. The van der Waals surface area contributed by atoms with Gasteiger partial charge in [0.15, 0.2) is 5.69 Å². The molecule has 1 amide bonds. The molecular formula is C21H16F2N4O2S. The van der Waals surface area contributed by atoms with Crippen molar-refractivity contribution >= 4 is 22.9 Å². The predicted molar refractivity (Wildman–Crippen MR) is 111 cm³/mol. The van der Waals surface area contributed by atoms with Crippen LogP contribution in [0.15, 0.2) is 54.0 Å². The lowest BCUT2D eigenvalue weighted by Crippen LogP contribution is -2.15. The van der Waals surface area contributed by atoms with Gasteiger partial charge >= 0.3 is 0 Å². The predicted octanol–water partition coefficient (Wildman–Crippen LogP) is 4.75. The van der Waals surface area contributed by atoms with E-state index in [0.29, 0.717) is 17.0 Å². The smallest absolute Gasteiger partial charge is 0.276 e. The van der Waals surface area contributed by atoms with E-state index in [2.05, 4.69) is 15.4 Å². The molecule has 2 aromatic carbocycles. The van der Waals surface area contributed by atoms with Crippen LogP contribution in [0.3, 0.4) is 0 Å². The number of carbonyl (C=O) groups excluding carboxylic acids is 1. The molecule has 6 nitrogen and oxygen atoms in total. The molecule has 0 saturated carbocycles. The Kier molecular flexibility index (Phi) is 5.28. The van der Waals surface area contributed by atoms with E-state index in [1.165, 1.54) is 28.2 Å². The normalized spacial score (nSPS) is 10.8. The van der Waals surface area contributed by atoms with E-state index in [-0.39, 0.29) is 5.69 Å². The molecule has 0 spiro atoms. The monoisotopic (exact) mass is 426 g/mol. The van der Waals surface area contributed by atoms with Crippen molar-refractivity contribution in [1.29, 1.82) is 0 Å². The molecule has 0 aliphatic carbocycles. The maximum Gasteiger partial charge on any atom is 0.276 e. The van der Waals surface area contributed by atoms with Crippen LogP contribution in [0.25, 0.3) is 21.8 Å². The summed E-state index contributed by atoms with van der Waals surface area (Å²) in [4.78, 5) is 16.9. The number of nitrogens with one attached hydrogen (secondary N) is 1. The number of aryl methyl sites for hydroxylation is 1. The van der Waals surface area contributed by atoms with Crippen molar-refractivity contribution in [3.05, 3.63) is 71.4 Å². The quantitative estimate of drug-likeness (QED) is 0.500. The highest BCUT2D eigenvalue weighted by molar-refractivity contribution is 7.13. The fraction of sp³-hybridized carbons (Fsp3) is 0.0952. The van der Waals surface area contributed by atoms with Crippen LogP contribution in [0, 0.1) is 11.6 Å². The maximum absolute atomic E-state index is 13.9. The van der Waals surface area contributed by atoms with Gasteiger partial charge in [0.2, 0.25) is 0 Å². The molecule has 0 saturated heterocycles. The van der Waals surface area contributed by atoms with Gasteiger partial charge in [0.1, 0.15) is 28.1 Å². The first-order valence-electron chi connectivity index (χ1n) is 8.85. The molecule has 1 N–H and O–H groups in total. The van der Waals surface area contributed by atoms with Crippen LogP contribution in [0.2, 0.25) is 0 Å². The fourth-order valence-corrected chi connectivity index (χ4v) is 3.67. The molecule has 2 aromatic heterocycles. The Morgan fingerprint density at radius 2 is 1.93 bits per heavy atom. The highest BCUT2D eigenvalue weighted by atomic mass is 32.1. The number of ether oxygens (including phenoxy) is 1. The third-order valence-electron chi connectivity index (χ3n) is 4.47. The second-order valence-corrected chi connectivity index (χ2v) is 7.24. The third kappa shape index (κ3) is 3.67. The van der Waals surface area contributed by atoms with Gasteiger partial charge in [-0.3, -0.25) is 9.48 Å². The van der Waals surface area contributed by atoms with Gasteiger partial charge in [-0.05, 0) is 36.4 Å². The van der Waals surface area contributed by atoms with Crippen molar-refractivity contribution in [2.45, 2.75) is 0 Å². The van der Waals surface area contributed by atoms with Crippen molar-refractivity contribution in [2.24, 2.45) is 7.05 Å². The van der Waals surface area contributed by atoms with Crippen LogP contribution >= 0.6 is 11.3 Å². The minimum absolute atomic E-state index is 0.0110. The lowest BCUT2D eigenvalue weighted by atomic mass is 10.1. The Labute approximate surface area is 174 Å². The van der Waals surface area contributed by atoms with Gasteiger partial charge in [0, 0.05) is 29.8 Å². The van der Waals surface area contributed by atoms with Crippen molar-refractivity contribution in [3.63, 3.8) is 0 Å². The van der Waals surface area contributed by atoms with E-state index in [1.807, 2.05) is 23.6 Å². The van der Waals surface area contributed by atoms with E-state index in [4.69, 9.17) is 4.74 Å². The molecule has 30 heavy (non-hydrogen) atoms. The van der Waals surface area contributed by atoms with E-state index in [0.717, 1.165) is 22.7 Å². The van der Waals surface area contributed by atoms with Gasteiger partial charge in [-0.25, -0.2) is 13.8 Å². The van der Waals surface area contributed by atoms with Crippen molar-refractivity contribution < 1.29 is 18.3 Å². The minimum Gasteiger partial charge on any atom is -0.496 e. The first-order chi connectivity index (χ1) is 14.5. The molecule has 2 heterocycles. The summed E-state index contributed by atoms with van der Waals surface area (Å²) in [6, 6.07) is 10.5. The van der Waals surface area contributed by atoms with Crippen LogP contribution in [0.4, 0.5) is 14.5 Å². The Morgan fingerprint density at radius 3 is 2.60 bits per heavy atom. The maximum atomic E-state index is 13.9. The number of methoxy groups -OCH3 is 1. The van der Waals surface area contributed by atoms with Crippen LogP contribution in [0.1, 0.15) is 10.5 Å². The number of halogens is 2. The van der Waals surface area contributed by atoms with Gasteiger partial charge in [-0.15, -0.1) is 11.3 Å². The largest absolute Gasteiger partial charge is 0.496 e. The van der Waals surface area contributed by atoms with Crippen LogP contribution < -0.4 is 10.1 Å². The van der Waals surface area contributed by atoms with Gasteiger partial charge in [0.05, 0.1) is 12.8 Å².